The second-order valence-corrected chi connectivity index (χ2v) is 6.51. The maximum atomic E-state index is 9.19. The van der Waals surface area contributed by atoms with Crippen molar-refractivity contribution in [2.75, 3.05) is 38.2 Å². The molecule has 0 bridgehead atoms. The first kappa shape index (κ1) is 19.3. The Labute approximate surface area is 153 Å². The van der Waals surface area contributed by atoms with Gasteiger partial charge in [-0.3, -0.25) is 0 Å². The van der Waals surface area contributed by atoms with E-state index in [2.05, 4.69) is 79.3 Å². The lowest BCUT2D eigenvalue weighted by atomic mass is 10.0. The highest BCUT2D eigenvalue weighted by molar-refractivity contribution is 5.46. The van der Waals surface area contributed by atoms with Gasteiger partial charge in [0.1, 0.15) is 0 Å². The summed E-state index contributed by atoms with van der Waals surface area (Å²) >= 11 is 0. The van der Waals surface area contributed by atoms with Crippen LogP contribution in [-0.4, -0.2) is 43.3 Å². The molecule has 25 heavy (non-hydrogen) atoms. The van der Waals surface area contributed by atoms with E-state index in [4.69, 9.17) is 0 Å². The maximum absolute atomic E-state index is 9.19. The van der Waals surface area contributed by atoms with Crippen molar-refractivity contribution in [3.63, 3.8) is 0 Å². The van der Waals surface area contributed by atoms with E-state index >= 15 is 0 Å². The summed E-state index contributed by atoms with van der Waals surface area (Å²) in [5.74, 6) is 0. The van der Waals surface area contributed by atoms with E-state index in [1.165, 1.54) is 22.5 Å². The average Bonchev–Trinajstić information content (AvgIpc) is 2.90. The molecule has 0 atom stereocenters. The number of nitrogens with zero attached hydrogens (tertiary/aromatic N) is 2. The van der Waals surface area contributed by atoms with E-state index in [9.17, 15) is 5.11 Å². The number of hydrogen-bond donors (Lipinski definition) is 1. The number of likely N-dealkylation sites (N-methyl/N-ethyl adjacent to an activating group) is 1. The van der Waals surface area contributed by atoms with E-state index < -0.39 is 0 Å². The summed E-state index contributed by atoms with van der Waals surface area (Å²) in [6.07, 6.45) is 12.0. The van der Waals surface area contributed by atoms with Crippen LogP contribution in [0.1, 0.15) is 32.3 Å². The molecule has 0 amide bonds. The van der Waals surface area contributed by atoms with Crippen LogP contribution >= 0.6 is 0 Å². The van der Waals surface area contributed by atoms with E-state index in [-0.39, 0.29) is 6.61 Å². The third-order valence-corrected chi connectivity index (χ3v) is 4.86. The predicted molar refractivity (Wildman–Crippen MR) is 108 cm³/mol. The molecule has 0 radical (unpaired) electrons. The molecule has 0 unspecified atom stereocenters. The highest BCUT2D eigenvalue weighted by Crippen LogP contribution is 2.20. The molecular weight excluding hydrogens is 308 g/mol. The van der Waals surface area contributed by atoms with Gasteiger partial charge in [0, 0.05) is 38.1 Å². The second kappa shape index (κ2) is 10.1. The lowest BCUT2D eigenvalue weighted by Gasteiger charge is -2.22. The van der Waals surface area contributed by atoms with Crippen LogP contribution in [0.25, 0.3) is 0 Å². The topological polar surface area (TPSA) is 26.7 Å². The molecule has 0 fully saturated rings. The Morgan fingerprint density at radius 3 is 2.40 bits per heavy atom. The molecule has 0 saturated heterocycles. The smallest absolute Gasteiger partial charge is 0.0606 e. The van der Waals surface area contributed by atoms with Crippen molar-refractivity contribution in [1.82, 2.24) is 4.90 Å². The number of hydrogen-bond acceptors (Lipinski definition) is 3. The van der Waals surface area contributed by atoms with Gasteiger partial charge in [-0.2, -0.15) is 0 Å². The van der Waals surface area contributed by atoms with Crippen molar-refractivity contribution < 1.29 is 5.11 Å². The van der Waals surface area contributed by atoms with E-state index in [1.807, 2.05) is 0 Å². The van der Waals surface area contributed by atoms with Gasteiger partial charge >= 0.3 is 0 Å². The largest absolute Gasteiger partial charge is 0.395 e. The molecule has 3 nitrogen and oxygen atoms in total. The molecule has 2 rings (SSSR count). The highest BCUT2D eigenvalue weighted by atomic mass is 16.3. The van der Waals surface area contributed by atoms with Crippen molar-refractivity contribution in [2.45, 2.75) is 33.1 Å². The number of allylic oxidation sites excluding steroid dienone is 5. The SMILES string of the molecule is CCN(CCO)C1=CC=C(CCc2ccc(N(C)CC)cc2)CC=C1. The summed E-state index contributed by atoms with van der Waals surface area (Å²) < 4.78 is 0. The molecule has 0 spiro atoms. The minimum atomic E-state index is 0.193. The monoisotopic (exact) mass is 340 g/mol. The fraction of sp³-hybridized carbons (Fsp3) is 0.455. The Hall–Kier alpha value is -2.00. The normalized spacial score (nSPS) is 13.9. The van der Waals surface area contributed by atoms with Crippen LogP contribution in [0.15, 0.2) is 59.8 Å². The number of anilines is 1. The van der Waals surface area contributed by atoms with Crippen molar-refractivity contribution in [2.24, 2.45) is 0 Å². The number of benzene rings is 1. The fourth-order valence-corrected chi connectivity index (χ4v) is 3.05. The van der Waals surface area contributed by atoms with E-state index in [1.54, 1.807) is 0 Å². The van der Waals surface area contributed by atoms with Gasteiger partial charge in [-0.1, -0.05) is 29.9 Å². The zero-order valence-corrected chi connectivity index (χ0v) is 15.9. The molecule has 1 N–H and O–H groups in total. The zero-order chi connectivity index (χ0) is 18.1. The number of aliphatic hydroxyl groups is 1. The zero-order valence-electron chi connectivity index (χ0n) is 15.9. The first-order chi connectivity index (χ1) is 12.2. The van der Waals surface area contributed by atoms with Crippen LogP contribution in [0.4, 0.5) is 5.69 Å². The minimum Gasteiger partial charge on any atom is -0.395 e. The lowest BCUT2D eigenvalue weighted by molar-refractivity contribution is 0.234. The van der Waals surface area contributed by atoms with Crippen LogP contribution in [0.3, 0.4) is 0 Å². The van der Waals surface area contributed by atoms with Crippen LogP contribution in [-0.2, 0) is 6.42 Å². The van der Waals surface area contributed by atoms with Crippen molar-refractivity contribution >= 4 is 5.69 Å². The summed E-state index contributed by atoms with van der Waals surface area (Å²) in [6.45, 7) is 7.12. The molecule has 136 valence electrons. The van der Waals surface area contributed by atoms with Crippen LogP contribution in [0.5, 0.6) is 0 Å². The predicted octanol–water partition coefficient (Wildman–Crippen LogP) is 4.16. The third kappa shape index (κ3) is 5.79. The van der Waals surface area contributed by atoms with Gasteiger partial charge in [0.15, 0.2) is 0 Å². The van der Waals surface area contributed by atoms with Crippen molar-refractivity contribution in [3.8, 4) is 0 Å². The molecule has 1 aromatic rings. The van der Waals surface area contributed by atoms with E-state index in [0.717, 1.165) is 32.4 Å². The Morgan fingerprint density at radius 2 is 1.76 bits per heavy atom. The Morgan fingerprint density at radius 1 is 1.00 bits per heavy atom. The van der Waals surface area contributed by atoms with Crippen molar-refractivity contribution in [1.29, 1.82) is 0 Å². The Balaban J connectivity index is 1.95. The quantitative estimate of drug-likeness (QED) is 0.731. The molecule has 1 aliphatic rings. The van der Waals surface area contributed by atoms with Crippen LogP contribution < -0.4 is 4.90 Å². The minimum absolute atomic E-state index is 0.193. The molecule has 1 aliphatic carbocycles. The first-order valence-electron chi connectivity index (χ1n) is 9.40. The lowest BCUT2D eigenvalue weighted by Crippen LogP contribution is -2.25. The van der Waals surface area contributed by atoms with Gasteiger partial charge < -0.3 is 14.9 Å². The van der Waals surface area contributed by atoms with Gasteiger partial charge in [0.25, 0.3) is 0 Å². The molecular formula is C22H32N2O. The highest BCUT2D eigenvalue weighted by Gasteiger charge is 2.07. The van der Waals surface area contributed by atoms with Gasteiger partial charge in [0.2, 0.25) is 0 Å². The molecule has 0 saturated carbocycles. The molecule has 0 aromatic heterocycles. The Bertz CT molecular complexity index is 613. The average molecular weight is 341 g/mol. The van der Waals surface area contributed by atoms with E-state index in [0.29, 0.717) is 6.54 Å². The summed E-state index contributed by atoms with van der Waals surface area (Å²) in [4.78, 5) is 4.46. The summed E-state index contributed by atoms with van der Waals surface area (Å²) in [6, 6.07) is 8.92. The molecule has 3 heteroatoms. The molecule has 0 aliphatic heterocycles. The van der Waals surface area contributed by atoms with Crippen molar-refractivity contribution in [3.05, 3.63) is 65.4 Å². The summed E-state index contributed by atoms with van der Waals surface area (Å²) in [7, 11) is 2.12. The number of aliphatic hydroxyl groups excluding tert-OH is 1. The fourth-order valence-electron chi connectivity index (χ4n) is 3.05. The van der Waals surface area contributed by atoms with Crippen LogP contribution in [0, 0.1) is 0 Å². The standard InChI is InChI=1S/C22H32N2O/c1-4-23(3)21-14-11-20(12-15-21)10-9-19-7-6-8-22(16-13-19)24(5-2)17-18-25/h6,8,11-16,25H,4-5,7,9-10,17-18H2,1-3H3. The Kier molecular flexibility index (Phi) is 7.80. The van der Waals surface area contributed by atoms with Crippen LogP contribution in [0.2, 0.25) is 0 Å². The maximum Gasteiger partial charge on any atom is 0.0606 e. The van der Waals surface area contributed by atoms with Gasteiger partial charge in [-0.15, -0.1) is 0 Å². The van der Waals surface area contributed by atoms with Gasteiger partial charge in [-0.05, 0) is 63.0 Å². The number of aryl methyl sites for hydroxylation is 1. The van der Waals surface area contributed by atoms with Gasteiger partial charge in [0.05, 0.1) is 6.61 Å². The van der Waals surface area contributed by atoms with Gasteiger partial charge in [-0.25, -0.2) is 0 Å². The second-order valence-electron chi connectivity index (χ2n) is 6.51. The first-order valence-corrected chi connectivity index (χ1v) is 9.40. The molecule has 0 heterocycles. The summed E-state index contributed by atoms with van der Waals surface area (Å²) in [5.41, 5.74) is 5.32. The summed E-state index contributed by atoms with van der Waals surface area (Å²) in [5, 5.41) is 9.19. The number of rotatable bonds is 9. The third-order valence-electron chi connectivity index (χ3n) is 4.86. The molecule has 1 aromatic carbocycles.